The number of aliphatic hydroxyl groups excluding tert-OH is 2. The van der Waals surface area contributed by atoms with E-state index in [-0.39, 0.29) is 19.1 Å². The van der Waals surface area contributed by atoms with E-state index in [9.17, 15) is 4.79 Å². The summed E-state index contributed by atoms with van der Waals surface area (Å²) in [5.74, 6) is 0.624. The van der Waals surface area contributed by atoms with Crippen LogP contribution in [-0.2, 0) is 13.1 Å². The molecule has 0 unspecified atom stereocenters. The summed E-state index contributed by atoms with van der Waals surface area (Å²) in [5.41, 5.74) is 9.56. The first kappa shape index (κ1) is 29.1. The van der Waals surface area contributed by atoms with Crippen LogP contribution in [0.1, 0.15) is 32.9 Å². The molecular formula is C33H36N6O3. The highest BCUT2D eigenvalue weighted by atomic mass is 16.3. The summed E-state index contributed by atoms with van der Waals surface area (Å²) in [6.07, 6.45) is 1.98. The molecule has 0 aliphatic heterocycles. The number of aliphatic hydroxyl groups is 2. The molecule has 0 bridgehead atoms. The molecule has 0 spiro atoms. The number of carbonyl (C=O) groups is 1. The van der Waals surface area contributed by atoms with Gasteiger partial charge >= 0.3 is 0 Å². The van der Waals surface area contributed by atoms with Gasteiger partial charge < -0.3 is 26.2 Å². The largest absolute Gasteiger partial charge is 0.395 e. The first-order chi connectivity index (χ1) is 20.5. The molecule has 3 aromatic carbocycles. The van der Waals surface area contributed by atoms with Crippen molar-refractivity contribution >= 4 is 17.2 Å². The molecule has 5 aromatic rings. The Morgan fingerprint density at radius 3 is 2.19 bits per heavy atom. The Bertz CT molecular complexity index is 1680. The Balaban J connectivity index is 1.37. The van der Waals surface area contributed by atoms with Crippen molar-refractivity contribution in [2.75, 3.05) is 31.6 Å². The smallest absolute Gasteiger partial charge is 0.255 e. The second-order valence-electron chi connectivity index (χ2n) is 10.2. The zero-order valence-electron chi connectivity index (χ0n) is 23.9. The minimum atomic E-state index is -0.164. The number of pyridine rings is 1. The van der Waals surface area contributed by atoms with Gasteiger partial charge in [-0.25, -0.2) is 0 Å². The fraction of sp³-hybridized carbons (Fsp3) is 0.242. The Morgan fingerprint density at radius 1 is 0.786 bits per heavy atom. The molecule has 0 fully saturated rings. The van der Waals surface area contributed by atoms with Crippen molar-refractivity contribution in [3.8, 4) is 22.3 Å². The van der Waals surface area contributed by atoms with E-state index in [1.54, 1.807) is 0 Å². The van der Waals surface area contributed by atoms with Crippen molar-refractivity contribution in [2.24, 2.45) is 0 Å². The van der Waals surface area contributed by atoms with Gasteiger partial charge in [-0.2, -0.15) is 0 Å². The molecule has 2 aromatic heterocycles. The number of aromatic nitrogens is 3. The monoisotopic (exact) mass is 564 g/mol. The van der Waals surface area contributed by atoms with Gasteiger partial charge in [0.25, 0.3) is 5.91 Å². The Kier molecular flexibility index (Phi) is 9.35. The van der Waals surface area contributed by atoms with E-state index in [2.05, 4.69) is 63.4 Å². The van der Waals surface area contributed by atoms with E-state index in [0.717, 1.165) is 56.1 Å². The molecule has 9 nitrogen and oxygen atoms in total. The number of hydrogen-bond acceptors (Lipinski definition) is 7. The quantitative estimate of drug-likeness (QED) is 0.145. The molecule has 216 valence electrons. The highest BCUT2D eigenvalue weighted by Gasteiger charge is 2.15. The zero-order chi connectivity index (χ0) is 29.5. The van der Waals surface area contributed by atoms with Crippen LogP contribution in [0, 0.1) is 13.8 Å². The van der Waals surface area contributed by atoms with Crippen LogP contribution >= 0.6 is 0 Å². The maximum Gasteiger partial charge on any atom is 0.255 e. The van der Waals surface area contributed by atoms with Crippen molar-refractivity contribution in [1.82, 2.24) is 25.2 Å². The highest BCUT2D eigenvalue weighted by molar-refractivity contribution is 6.05. The first-order valence-corrected chi connectivity index (χ1v) is 14.1. The van der Waals surface area contributed by atoms with Crippen LogP contribution in [-0.4, -0.2) is 57.0 Å². The van der Waals surface area contributed by atoms with Gasteiger partial charge in [0.15, 0.2) is 11.5 Å². The first-order valence-electron chi connectivity index (χ1n) is 14.1. The third-order valence-corrected chi connectivity index (χ3v) is 7.40. The van der Waals surface area contributed by atoms with Crippen LogP contribution in [0.5, 0.6) is 0 Å². The second-order valence-corrected chi connectivity index (χ2v) is 10.2. The number of anilines is 1. The molecule has 5 rings (SSSR count). The standard InChI is InChI=1S/C33H36N6O3/c1-22-27(26-13-16-39-31(19-26)37-38-32(39)21-35-15-18-41)5-3-6-28(22)29-7-4-8-30(23(29)2)36-33(42)25-11-9-24(10-12-25)20-34-14-17-40/h3-13,16,19,34-35,40-41H,14-15,17-18,20-21H2,1-2H3,(H,36,42). The van der Waals surface area contributed by atoms with Gasteiger partial charge in [-0.15, -0.1) is 10.2 Å². The lowest BCUT2D eigenvalue weighted by Crippen LogP contribution is -2.19. The van der Waals surface area contributed by atoms with Gasteiger partial charge in [0.2, 0.25) is 0 Å². The van der Waals surface area contributed by atoms with Gasteiger partial charge in [-0.05, 0) is 83.1 Å². The van der Waals surface area contributed by atoms with Crippen LogP contribution in [0.2, 0.25) is 0 Å². The van der Waals surface area contributed by atoms with Gasteiger partial charge in [0, 0.05) is 37.1 Å². The lowest BCUT2D eigenvalue weighted by Gasteiger charge is -2.17. The van der Waals surface area contributed by atoms with Crippen molar-refractivity contribution < 1.29 is 15.0 Å². The number of hydrogen-bond donors (Lipinski definition) is 5. The van der Waals surface area contributed by atoms with Crippen molar-refractivity contribution in [3.05, 3.63) is 107 Å². The summed E-state index contributed by atoms with van der Waals surface area (Å²) in [5, 5.41) is 36.0. The molecule has 2 heterocycles. The summed E-state index contributed by atoms with van der Waals surface area (Å²) in [7, 11) is 0. The van der Waals surface area contributed by atoms with Crippen LogP contribution < -0.4 is 16.0 Å². The maximum atomic E-state index is 13.1. The maximum absolute atomic E-state index is 13.1. The van der Waals surface area contributed by atoms with E-state index in [0.29, 0.717) is 31.7 Å². The SMILES string of the molecule is Cc1c(NC(=O)c2ccc(CNCCO)cc2)cccc1-c1cccc(-c2ccn3c(CNCCO)nnc3c2)c1C. The Morgan fingerprint density at radius 2 is 1.45 bits per heavy atom. The predicted molar refractivity (Wildman–Crippen MR) is 165 cm³/mol. The Labute approximate surface area is 245 Å². The summed E-state index contributed by atoms with van der Waals surface area (Å²) >= 11 is 0. The topological polar surface area (TPSA) is 124 Å². The Hall–Kier alpha value is -4.41. The third kappa shape index (κ3) is 6.40. The van der Waals surface area contributed by atoms with E-state index in [4.69, 9.17) is 10.2 Å². The van der Waals surface area contributed by atoms with E-state index >= 15 is 0 Å². The molecule has 0 saturated carbocycles. The minimum absolute atomic E-state index is 0.0738. The molecule has 9 heteroatoms. The molecule has 42 heavy (non-hydrogen) atoms. The minimum Gasteiger partial charge on any atom is -0.395 e. The molecule has 5 N–H and O–H groups in total. The number of carbonyl (C=O) groups excluding carboxylic acids is 1. The number of benzene rings is 3. The number of fused-ring (bicyclic) bond motifs is 1. The second kappa shape index (κ2) is 13.5. The molecule has 1 amide bonds. The molecule has 0 aliphatic carbocycles. The number of nitrogens with zero attached hydrogens (tertiary/aromatic N) is 3. The lowest BCUT2D eigenvalue weighted by atomic mass is 9.90. The van der Waals surface area contributed by atoms with Crippen molar-refractivity contribution in [1.29, 1.82) is 0 Å². The summed E-state index contributed by atoms with van der Waals surface area (Å²) in [6.45, 7) is 6.50. The van der Waals surface area contributed by atoms with Gasteiger partial charge in [-0.1, -0.05) is 42.5 Å². The predicted octanol–water partition coefficient (Wildman–Crippen LogP) is 4.10. The molecule has 0 atom stereocenters. The molecule has 0 saturated heterocycles. The fourth-order valence-electron chi connectivity index (χ4n) is 5.09. The van der Waals surface area contributed by atoms with Crippen molar-refractivity contribution in [2.45, 2.75) is 26.9 Å². The van der Waals surface area contributed by atoms with Gasteiger partial charge in [0.05, 0.1) is 19.8 Å². The van der Waals surface area contributed by atoms with Crippen LogP contribution in [0.15, 0.2) is 79.0 Å². The molecular weight excluding hydrogens is 528 g/mol. The number of rotatable bonds is 12. The third-order valence-electron chi connectivity index (χ3n) is 7.40. The van der Waals surface area contributed by atoms with Gasteiger partial charge in [-0.3, -0.25) is 9.20 Å². The van der Waals surface area contributed by atoms with Crippen molar-refractivity contribution in [3.63, 3.8) is 0 Å². The van der Waals surface area contributed by atoms with Crippen LogP contribution in [0.25, 0.3) is 27.9 Å². The molecule has 0 radical (unpaired) electrons. The van der Waals surface area contributed by atoms with Gasteiger partial charge in [0.1, 0.15) is 0 Å². The van der Waals surface area contributed by atoms with E-state index < -0.39 is 0 Å². The summed E-state index contributed by atoms with van der Waals surface area (Å²) < 4.78 is 1.95. The highest BCUT2D eigenvalue weighted by Crippen LogP contribution is 2.35. The lowest BCUT2D eigenvalue weighted by molar-refractivity contribution is 0.102. The summed E-state index contributed by atoms with van der Waals surface area (Å²) in [6, 6.07) is 23.8. The number of amides is 1. The van der Waals surface area contributed by atoms with E-state index in [1.807, 2.05) is 60.0 Å². The number of nitrogens with one attached hydrogen (secondary N) is 3. The fourth-order valence-corrected chi connectivity index (χ4v) is 5.09. The average Bonchev–Trinajstić information content (AvgIpc) is 3.41. The summed E-state index contributed by atoms with van der Waals surface area (Å²) in [4.78, 5) is 13.1. The van der Waals surface area contributed by atoms with Crippen LogP contribution in [0.4, 0.5) is 5.69 Å². The average molecular weight is 565 g/mol. The van der Waals surface area contributed by atoms with Crippen LogP contribution in [0.3, 0.4) is 0 Å². The normalized spacial score (nSPS) is 11.2. The molecule has 0 aliphatic rings. The van der Waals surface area contributed by atoms with E-state index in [1.165, 1.54) is 0 Å². The zero-order valence-corrected chi connectivity index (χ0v) is 23.9.